The van der Waals surface area contributed by atoms with Gasteiger partial charge in [-0.2, -0.15) is 0 Å². The van der Waals surface area contributed by atoms with Crippen LogP contribution in [-0.2, 0) is 4.74 Å². The van der Waals surface area contributed by atoms with Gasteiger partial charge < -0.3 is 10.1 Å². The van der Waals surface area contributed by atoms with Crippen LogP contribution in [-0.4, -0.2) is 23.7 Å². The molecule has 1 fully saturated rings. The van der Waals surface area contributed by atoms with Gasteiger partial charge in [-0.3, -0.25) is 4.98 Å². The van der Waals surface area contributed by atoms with Crippen LogP contribution in [0.5, 0.6) is 0 Å². The smallest absolute Gasteiger partial charge is 0.0826 e. The molecule has 15 heavy (non-hydrogen) atoms. The highest BCUT2D eigenvalue weighted by atomic mass is 79.9. The molecule has 0 bridgehead atoms. The quantitative estimate of drug-likeness (QED) is 0.917. The fraction of sp³-hybridized carbons (Fsp3) is 0.545. The fourth-order valence-electron chi connectivity index (χ4n) is 1.77. The van der Waals surface area contributed by atoms with E-state index in [-0.39, 0.29) is 5.60 Å². The van der Waals surface area contributed by atoms with Crippen molar-refractivity contribution in [3.05, 3.63) is 22.9 Å². The van der Waals surface area contributed by atoms with Crippen LogP contribution in [0, 0.1) is 0 Å². The summed E-state index contributed by atoms with van der Waals surface area (Å²) in [5.74, 6) is 0. The zero-order valence-electron chi connectivity index (χ0n) is 8.79. The highest BCUT2D eigenvalue weighted by Gasteiger charge is 2.29. The van der Waals surface area contributed by atoms with Crippen molar-refractivity contribution in [3.8, 4) is 0 Å². The Bertz CT molecular complexity index is 337. The zero-order chi connectivity index (χ0) is 10.7. The molecule has 3 nitrogen and oxygen atoms in total. The Morgan fingerprint density at radius 2 is 2.47 bits per heavy atom. The zero-order valence-corrected chi connectivity index (χ0v) is 10.4. The highest BCUT2D eigenvalue weighted by Crippen LogP contribution is 2.25. The number of anilines is 1. The molecular weight excluding hydrogens is 256 g/mol. The van der Waals surface area contributed by atoms with Crippen molar-refractivity contribution in [2.75, 3.05) is 18.5 Å². The minimum atomic E-state index is -0.0116. The molecule has 1 aliphatic rings. The molecule has 4 heteroatoms. The molecule has 1 N–H and O–H groups in total. The number of hydrogen-bond donors (Lipinski definition) is 1. The molecule has 82 valence electrons. The number of pyridine rings is 1. The van der Waals surface area contributed by atoms with E-state index in [2.05, 4.69) is 33.2 Å². The third kappa shape index (κ3) is 2.92. The van der Waals surface area contributed by atoms with E-state index < -0.39 is 0 Å². The van der Waals surface area contributed by atoms with Gasteiger partial charge in [0.25, 0.3) is 0 Å². The van der Waals surface area contributed by atoms with Crippen LogP contribution in [0.4, 0.5) is 5.69 Å². The van der Waals surface area contributed by atoms with E-state index in [0.717, 1.165) is 36.2 Å². The summed E-state index contributed by atoms with van der Waals surface area (Å²) in [5.41, 5.74) is 1.02. The second-order valence-corrected chi connectivity index (χ2v) is 5.06. The molecule has 0 aliphatic carbocycles. The van der Waals surface area contributed by atoms with Gasteiger partial charge in [-0.05, 0) is 41.8 Å². The topological polar surface area (TPSA) is 34.2 Å². The second-order valence-electron chi connectivity index (χ2n) is 4.15. The van der Waals surface area contributed by atoms with Crippen LogP contribution in [0.15, 0.2) is 22.9 Å². The van der Waals surface area contributed by atoms with E-state index in [9.17, 15) is 0 Å². The minimum Gasteiger partial charge on any atom is -0.381 e. The Labute approximate surface area is 98.4 Å². The summed E-state index contributed by atoms with van der Waals surface area (Å²) in [5, 5.41) is 3.35. The number of nitrogens with one attached hydrogen (secondary N) is 1. The van der Waals surface area contributed by atoms with Crippen molar-refractivity contribution in [1.29, 1.82) is 0 Å². The lowest BCUT2D eigenvalue weighted by Crippen LogP contribution is -2.32. The third-order valence-electron chi connectivity index (χ3n) is 2.67. The van der Waals surface area contributed by atoms with Crippen LogP contribution >= 0.6 is 15.9 Å². The predicted molar refractivity (Wildman–Crippen MR) is 64.0 cm³/mol. The Morgan fingerprint density at radius 1 is 1.60 bits per heavy atom. The molecule has 2 heterocycles. The molecule has 0 spiro atoms. The molecule has 1 aromatic heterocycles. The molecule has 1 saturated heterocycles. The van der Waals surface area contributed by atoms with Crippen LogP contribution in [0.1, 0.15) is 19.8 Å². The van der Waals surface area contributed by atoms with Gasteiger partial charge >= 0.3 is 0 Å². The van der Waals surface area contributed by atoms with Crippen molar-refractivity contribution in [1.82, 2.24) is 4.98 Å². The standard InChI is InChI=1S/C11H15BrN2O/c1-11(3-2-4-15-11)8-14-10-5-9(12)6-13-7-10/h5-7,14H,2-4,8H2,1H3. The molecule has 1 aliphatic heterocycles. The Hall–Kier alpha value is -0.610. The Morgan fingerprint density at radius 3 is 3.13 bits per heavy atom. The number of nitrogens with zero attached hydrogens (tertiary/aromatic N) is 1. The average Bonchev–Trinajstić information content (AvgIpc) is 2.63. The SMILES string of the molecule is CC1(CNc2cncc(Br)c2)CCCO1. The lowest BCUT2D eigenvalue weighted by atomic mass is 10.0. The van der Waals surface area contributed by atoms with Crippen molar-refractivity contribution in [2.45, 2.75) is 25.4 Å². The first-order valence-corrected chi connectivity index (χ1v) is 5.96. The summed E-state index contributed by atoms with van der Waals surface area (Å²) < 4.78 is 6.69. The first-order valence-electron chi connectivity index (χ1n) is 5.16. The van der Waals surface area contributed by atoms with E-state index in [1.165, 1.54) is 0 Å². The summed E-state index contributed by atoms with van der Waals surface area (Å²) in [4.78, 5) is 4.10. The van der Waals surface area contributed by atoms with E-state index in [4.69, 9.17) is 4.74 Å². The van der Waals surface area contributed by atoms with Gasteiger partial charge in [-0.15, -0.1) is 0 Å². The van der Waals surface area contributed by atoms with Crippen molar-refractivity contribution < 1.29 is 4.74 Å². The maximum absolute atomic E-state index is 5.70. The maximum atomic E-state index is 5.70. The van der Waals surface area contributed by atoms with Gasteiger partial charge in [0.1, 0.15) is 0 Å². The molecule has 0 amide bonds. The number of halogens is 1. The number of ether oxygens (including phenoxy) is 1. The Balaban J connectivity index is 1.92. The molecule has 1 unspecified atom stereocenters. The second kappa shape index (κ2) is 4.49. The van der Waals surface area contributed by atoms with Crippen molar-refractivity contribution in [3.63, 3.8) is 0 Å². The molecule has 2 rings (SSSR count). The van der Waals surface area contributed by atoms with Crippen molar-refractivity contribution >= 4 is 21.6 Å². The van der Waals surface area contributed by atoms with Crippen LogP contribution in [0.25, 0.3) is 0 Å². The van der Waals surface area contributed by atoms with E-state index in [1.807, 2.05) is 12.3 Å². The largest absolute Gasteiger partial charge is 0.381 e. The summed E-state index contributed by atoms with van der Waals surface area (Å²) in [6, 6.07) is 2.02. The summed E-state index contributed by atoms with van der Waals surface area (Å²) in [6.07, 6.45) is 5.89. The van der Waals surface area contributed by atoms with Crippen LogP contribution in [0.2, 0.25) is 0 Å². The first-order chi connectivity index (χ1) is 7.18. The van der Waals surface area contributed by atoms with E-state index >= 15 is 0 Å². The number of hydrogen-bond acceptors (Lipinski definition) is 3. The third-order valence-corrected chi connectivity index (χ3v) is 3.11. The number of rotatable bonds is 3. The monoisotopic (exact) mass is 270 g/mol. The molecule has 1 aromatic rings. The Kier molecular flexibility index (Phi) is 3.26. The van der Waals surface area contributed by atoms with Gasteiger partial charge in [-0.1, -0.05) is 0 Å². The number of aromatic nitrogens is 1. The average molecular weight is 271 g/mol. The van der Waals surface area contributed by atoms with E-state index in [0.29, 0.717) is 0 Å². The van der Waals surface area contributed by atoms with Gasteiger partial charge in [0.15, 0.2) is 0 Å². The van der Waals surface area contributed by atoms with Gasteiger partial charge in [0.2, 0.25) is 0 Å². The summed E-state index contributed by atoms with van der Waals surface area (Å²) in [6.45, 7) is 3.87. The normalized spacial score (nSPS) is 25.5. The molecule has 0 radical (unpaired) electrons. The molecule has 0 aromatic carbocycles. The lowest BCUT2D eigenvalue weighted by molar-refractivity contribution is 0.0315. The molecule has 1 atom stereocenters. The van der Waals surface area contributed by atoms with Crippen LogP contribution < -0.4 is 5.32 Å². The minimum absolute atomic E-state index is 0.0116. The fourth-order valence-corrected chi connectivity index (χ4v) is 2.14. The van der Waals surface area contributed by atoms with Crippen LogP contribution in [0.3, 0.4) is 0 Å². The van der Waals surface area contributed by atoms with Gasteiger partial charge in [0.05, 0.1) is 17.5 Å². The maximum Gasteiger partial charge on any atom is 0.0826 e. The predicted octanol–water partition coefficient (Wildman–Crippen LogP) is 2.83. The highest BCUT2D eigenvalue weighted by molar-refractivity contribution is 9.10. The van der Waals surface area contributed by atoms with Crippen molar-refractivity contribution in [2.24, 2.45) is 0 Å². The lowest BCUT2D eigenvalue weighted by Gasteiger charge is -2.23. The van der Waals surface area contributed by atoms with Gasteiger partial charge in [-0.25, -0.2) is 0 Å². The summed E-state index contributed by atoms with van der Waals surface area (Å²) >= 11 is 3.40. The molecule has 0 saturated carbocycles. The first kappa shape index (κ1) is 10.9. The van der Waals surface area contributed by atoms with Gasteiger partial charge in [0, 0.05) is 23.8 Å². The summed E-state index contributed by atoms with van der Waals surface area (Å²) in [7, 11) is 0. The van der Waals surface area contributed by atoms with E-state index in [1.54, 1.807) is 6.20 Å². The molecular formula is C11H15BrN2O.